The summed E-state index contributed by atoms with van der Waals surface area (Å²) in [6.07, 6.45) is 0. The number of fused-ring (bicyclic) bond motifs is 1. The van der Waals surface area contributed by atoms with Crippen molar-refractivity contribution in [1.82, 2.24) is 0 Å². The molecule has 3 heteroatoms. The zero-order chi connectivity index (χ0) is 12.8. The maximum Gasteiger partial charge on any atom is 0.176 e. The number of hydrogen-bond acceptors (Lipinski definition) is 3. The molecule has 0 saturated carbocycles. The summed E-state index contributed by atoms with van der Waals surface area (Å²) in [4.78, 5) is 12.4. The third kappa shape index (κ3) is 1.61. The molecule has 0 unspecified atom stereocenters. The lowest BCUT2D eigenvalue weighted by atomic mass is 9.70. The molecule has 0 N–H and O–H groups in total. The second-order valence-corrected chi connectivity index (χ2v) is 5.43. The van der Waals surface area contributed by atoms with Gasteiger partial charge in [0.05, 0.1) is 18.1 Å². The van der Waals surface area contributed by atoms with E-state index in [-0.39, 0.29) is 5.78 Å². The topological polar surface area (TPSA) is 35.5 Å². The van der Waals surface area contributed by atoms with Gasteiger partial charge in [0.2, 0.25) is 0 Å². The molecular weight excluding hydrogens is 216 g/mol. The number of methoxy groups -OCH3 is 1. The van der Waals surface area contributed by atoms with Gasteiger partial charge in [-0.1, -0.05) is 0 Å². The first kappa shape index (κ1) is 12.0. The van der Waals surface area contributed by atoms with Crippen molar-refractivity contribution in [1.29, 1.82) is 0 Å². The lowest BCUT2D eigenvalue weighted by Gasteiger charge is -2.44. The van der Waals surface area contributed by atoms with Crippen LogP contribution in [-0.4, -0.2) is 18.5 Å². The molecule has 92 valence electrons. The van der Waals surface area contributed by atoms with Crippen molar-refractivity contribution in [2.75, 3.05) is 7.11 Å². The van der Waals surface area contributed by atoms with Gasteiger partial charge in [-0.2, -0.15) is 0 Å². The van der Waals surface area contributed by atoms with E-state index in [9.17, 15) is 4.79 Å². The van der Waals surface area contributed by atoms with Gasteiger partial charge >= 0.3 is 0 Å². The molecule has 0 bridgehead atoms. The van der Waals surface area contributed by atoms with Gasteiger partial charge in [0.15, 0.2) is 5.78 Å². The van der Waals surface area contributed by atoms with Crippen LogP contribution in [0.2, 0.25) is 0 Å². The number of carbonyl (C=O) groups excluding carboxylic acids is 1. The van der Waals surface area contributed by atoms with Gasteiger partial charge in [-0.15, -0.1) is 0 Å². The minimum absolute atomic E-state index is 0.117. The number of ketones is 1. The monoisotopic (exact) mass is 234 g/mol. The van der Waals surface area contributed by atoms with E-state index in [1.165, 1.54) is 0 Å². The maximum atomic E-state index is 12.4. The summed E-state index contributed by atoms with van der Waals surface area (Å²) in [5.41, 5.74) is -0.423. The fourth-order valence-corrected chi connectivity index (χ4v) is 1.91. The highest BCUT2D eigenvalue weighted by atomic mass is 16.5. The second kappa shape index (κ2) is 3.49. The van der Waals surface area contributed by atoms with Crippen molar-refractivity contribution in [2.24, 2.45) is 5.41 Å². The van der Waals surface area contributed by atoms with E-state index in [4.69, 9.17) is 9.47 Å². The summed E-state index contributed by atoms with van der Waals surface area (Å²) < 4.78 is 11.1. The molecule has 1 aromatic carbocycles. The molecule has 1 aromatic rings. The van der Waals surface area contributed by atoms with Crippen LogP contribution in [0.4, 0.5) is 0 Å². The predicted molar refractivity (Wildman–Crippen MR) is 65.8 cm³/mol. The van der Waals surface area contributed by atoms with Crippen LogP contribution < -0.4 is 9.47 Å². The van der Waals surface area contributed by atoms with E-state index in [2.05, 4.69) is 0 Å². The molecule has 0 radical (unpaired) electrons. The molecule has 2 rings (SSSR count). The minimum atomic E-state index is -0.533. The van der Waals surface area contributed by atoms with Crippen molar-refractivity contribution in [3.05, 3.63) is 23.8 Å². The zero-order valence-corrected chi connectivity index (χ0v) is 11.0. The predicted octanol–water partition coefficient (Wildman–Crippen LogP) is 3.08. The number of rotatable bonds is 1. The Morgan fingerprint density at radius 1 is 1.18 bits per heavy atom. The number of Topliss-reactive ketones (excluding diaryl/α,β-unsaturated/α-hetero) is 1. The molecule has 0 aromatic heterocycles. The Hall–Kier alpha value is -1.51. The summed E-state index contributed by atoms with van der Waals surface area (Å²) in [6.45, 7) is 7.71. The summed E-state index contributed by atoms with van der Waals surface area (Å²) >= 11 is 0. The fraction of sp³-hybridized carbons (Fsp3) is 0.500. The summed E-state index contributed by atoms with van der Waals surface area (Å²) in [7, 11) is 1.60. The fourth-order valence-electron chi connectivity index (χ4n) is 1.91. The van der Waals surface area contributed by atoms with Crippen molar-refractivity contribution < 1.29 is 14.3 Å². The molecule has 0 spiro atoms. The summed E-state index contributed by atoms with van der Waals surface area (Å²) in [5.74, 6) is 1.43. The number of hydrogen-bond donors (Lipinski definition) is 0. The van der Waals surface area contributed by atoms with E-state index in [0.29, 0.717) is 17.1 Å². The Morgan fingerprint density at radius 3 is 2.41 bits per heavy atom. The van der Waals surface area contributed by atoms with Crippen molar-refractivity contribution in [2.45, 2.75) is 33.3 Å². The van der Waals surface area contributed by atoms with Crippen LogP contribution in [-0.2, 0) is 0 Å². The highest BCUT2D eigenvalue weighted by Crippen LogP contribution is 2.45. The van der Waals surface area contributed by atoms with E-state index in [0.717, 1.165) is 0 Å². The van der Waals surface area contributed by atoms with Gasteiger partial charge in [-0.05, 0) is 39.8 Å². The standard InChI is InChI=1S/C14H18O3/c1-13(2)12(15)10-7-6-9(16-5)8-11(10)17-14(13,3)4/h6-8H,1-5H3. The number of benzene rings is 1. The normalized spacial score (nSPS) is 20.4. The Bertz CT molecular complexity index is 472. The minimum Gasteiger partial charge on any atom is -0.497 e. The summed E-state index contributed by atoms with van der Waals surface area (Å²) in [6, 6.07) is 5.33. The zero-order valence-electron chi connectivity index (χ0n) is 11.0. The highest BCUT2D eigenvalue weighted by Gasteiger charge is 2.49. The van der Waals surface area contributed by atoms with Gasteiger partial charge in [-0.25, -0.2) is 0 Å². The average Bonchev–Trinajstić information content (AvgIpc) is 2.25. The number of ether oxygens (including phenoxy) is 2. The molecule has 1 aliphatic heterocycles. The molecule has 17 heavy (non-hydrogen) atoms. The van der Waals surface area contributed by atoms with Crippen LogP contribution in [0.5, 0.6) is 11.5 Å². The first-order chi connectivity index (χ1) is 7.79. The van der Waals surface area contributed by atoms with Gasteiger partial charge in [0.1, 0.15) is 17.1 Å². The molecule has 1 heterocycles. The van der Waals surface area contributed by atoms with Crippen LogP contribution in [0.3, 0.4) is 0 Å². The van der Waals surface area contributed by atoms with Gasteiger partial charge in [-0.3, -0.25) is 4.79 Å². The van der Waals surface area contributed by atoms with Crippen LogP contribution in [0.1, 0.15) is 38.1 Å². The van der Waals surface area contributed by atoms with E-state index in [1.807, 2.05) is 27.7 Å². The van der Waals surface area contributed by atoms with Crippen LogP contribution in [0.15, 0.2) is 18.2 Å². The largest absolute Gasteiger partial charge is 0.497 e. The molecule has 3 nitrogen and oxygen atoms in total. The van der Waals surface area contributed by atoms with Crippen LogP contribution in [0, 0.1) is 5.41 Å². The Balaban J connectivity index is 2.57. The van der Waals surface area contributed by atoms with Crippen LogP contribution >= 0.6 is 0 Å². The smallest absolute Gasteiger partial charge is 0.176 e. The molecule has 0 aliphatic carbocycles. The Morgan fingerprint density at radius 2 is 1.82 bits per heavy atom. The molecule has 0 fully saturated rings. The molecular formula is C14H18O3. The van der Waals surface area contributed by atoms with Gasteiger partial charge in [0.25, 0.3) is 0 Å². The third-order valence-corrected chi connectivity index (χ3v) is 3.87. The van der Waals surface area contributed by atoms with Crippen molar-refractivity contribution in [3.8, 4) is 11.5 Å². The van der Waals surface area contributed by atoms with E-state index >= 15 is 0 Å². The SMILES string of the molecule is COc1ccc2c(c1)OC(C)(C)C(C)(C)C2=O. The lowest BCUT2D eigenvalue weighted by molar-refractivity contribution is -0.0119. The summed E-state index contributed by atoms with van der Waals surface area (Å²) in [5, 5.41) is 0. The van der Waals surface area contributed by atoms with E-state index in [1.54, 1.807) is 25.3 Å². The van der Waals surface area contributed by atoms with Gasteiger partial charge in [0, 0.05) is 6.07 Å². The lowest BCUT2D eigenvalue weighted by Crippen LogP contribution is -2.52. The van der Waals surface area contributed by atoms with Crippen molar-refractivity contribution in [3.63, 3.8) is 0 Å². The quantitative estimate of drug-likeness (QED) is 0.749. The average molecular weight is 234 g/mol. The number of carbonyl (C=O) groups is 1. The first-order valence-corrected chi connectivity index (χ1v) is 5.71. The molecule has 1 aliphatic rings. The molecule has 0 atom stereocenters. The van der Waals surface area contributed by atoms with Crippen LogP contribution in [0.25, 0.3) is 0 Å². The first-order valence-electron chi connectivity index (χ1n) is 5.71. The maximum absolute atomic E-state index is 12.4. The highest BCUT2D eigenvalue weighted by molar-refractivity contribution is 6.04. The Labute approximate surface area is 102 Å². The van der Waals surface area contributed by atoms with E-state index < -0.39 is 11.0 Å². The van der Waals surface area contributed by atoms with Gasteiger partial charge < -0.3 is 9.47 Å². The second-order valence-electron chi connectivity index (χ2n) is 5.43. The third-order valence-electron chi connectivity index (χ3n) is 3.87. The molecule has 0 amide bonds. The Kier molecular flexibility index (Phi) is 2.45. The molecule has 0 saturated heterocycles. The van der Waals surface area contributed by atoms with Crippen molar-refractivity contribution >= 4 is 5.78 Å².